The Morgan fingerprint density at radius 3 is 2.71 bits per heavy atom. The van der Waals surface area contributed by atoms with Gasteiger partial charge >= 0.3 is 6.01 Å². The van der Waals surface area contributed by atoms with Gasteiger partial charge in [-0.05, 0) is 48.0 Å². The van der Waals surface area contributed by atoms with Crippen LogP contribution in [-0.2, 0) is 0 Å². The first-order chi connectivity index (χ1) is 10.0. The molecule has 0 spiro atoms. The summed E-state index contributed by atoms with van der Waals surface area (Å²) in [7, 11) is 0. The lowest BCUT2D eigenvalue weighted by Gasteiger charge is -1.97. The van der Waals surface area contributed by atoms with E-state index in [0.29, 0.717) is 23.0 Å². The summed E-state index contributed by atoms with van der Waals surface area (Å²) in [6.07, 6.45) is 0. The second-order valence-electron chi connectivity index (χ2n) is 4.30. The van der Waals surface area contributed by atoms with Gasteiger partial charge in [0.15, 0.2) is 0 Å². The maximum Gasteiger partial charge on any atom is 0.322 e. The number of aromatic nitrogens is 2. The van der Waals surface area contributed by atoms with Gasteiger partial charge in [0.1, 0.15) is 11.5 Å². The molecular weight excluding hydrogens is 358 g/mol. The van der Waals surface area contributed by atoms with Gasteiger partial charge in [-0.3, -0.25) is 10.1 Å². The van der Waals surface area contributed by atoms with Crippen LogP contribution in [0.25, 0.3) is 10.8 Å². The normalized spacial score (nSPS) is 10.8. The number of furan rings is 1. The van der Waals surface area contributed by atoms with Crippen LogP contribution in [0.5, 0.6) is 0 Å². The van der Waals surface area contributed by atoms with Crippen molar-refractivity contribution in [2.24, 2.45) is 0 Å². The molecule has 3 heterocycles. The molecule has 21 heavy (non-hydrogen) atoms. The van der Waals surface area contributed by atoms with Crippen LogP contribution in [0, 0.1) is 13.8 Å². The van der Waals surface area contributed by atoms with Crippen molar-refractivity contribution in [3.05, 3.63) is 39.1 Å². The molecule has 0 aromatic carbocycles. The molecule has 1 N–H and O–H groups in total. The molecule has 0 saturated carbocycles. The van der Waals surface area contributed by atoms with Crippen molar-refractivity contribution < 1.29 is 13.6 Å². The third-order valence-electron chi connectivity index (χ3n) is 2.72. The lowest BCUT2D eigenvalue weighted by Crippen LogP contribution is -2.12. The minimum Gasteiger partial charge on any atom is -0.466 e. The van der Waals surface area contributed by atoms with Gasteiger partial charge < -0.3 is 8.83 Å². The molecule has 0 atom stereocenters. The van der Waals surface area contributed by atoms with E-state index in [1.165, 1.54) is 11.3 Å². The maximum absolute atomic E-state index is 12.1. The lowest BCUT2D eigenvalue weighted by molar-refractivity contribution is 0.102. The molecule has 0 aliphatic carbocycles. The zero-order valence-corrected chi connectivity index (χ0v) is 13.5. The number of nitrogens with zero attached hydrogens (tertiary/aromatic N) is 2. The highest BCUT2D eigenvalue weighted by Gasteiger charge is 2.17. The summed E-state index contributed by atoms with van der Waals surface area (Å²) in [6, 6.07) is 5.47. The van der Waals surface area contributed by atoms with Gasteiger partial charge in [0.2, 0.25) is 0 Å². The predicted molar refractivity (Wildman–Crippen MR) is 81.4 cm³/mol. The number of rotatable bonds is 3. The highest BCUT2D eigenvalue weighted by Crippen LogP contribution is 2.31. The Hall–Kier alpha value is -1.93. The van der Waals surface area contributed by atoms with E-state index < -0.39 is 0 Å². The highest BCUT2D eigenvalue weighted by atomic mass is 79.9. The number of hydrogen-bond acceptors (Lipinski definition) is 6. The van der Waals surface area contributed by atoms with Crippen LogP contribution in [0.3, 0.4) is 0 Å². The van der Waals surface area contributed by atoms with Crippen molar-refractivity contribution in [3.63, 3.8) is 0 Å². The van der Waals surface area contributed by atoms with E-state index in [2.05, 4.69) is 31.4 Å². The van der Waals surface area contributed by atoms with Gasteiger partial charge in [-0.25, -0.2) is 0 Å². The molecule has 0 unspecified atom stereocenters. The van der Waals surface area contributed by atoms with E-state index in [4.69, 9.17) is 8.83 Å². The number of nitrogens with one attached hydrogen (secondary N) is 1. The number of carbonyl (C=O) groups excluding carboxylic acids is 1. The molecular formula is C13H10BrN3O3S. The van der Waals surface area contributed by atoms with E-state index in [9.17, 15) is 4.79 Å². The highest BCUT2D eigenvalue weighted by molar-refractivity contribution is 9.11. The first-order valence-electron chi connectivity index (χ1n) is 6.00. The quantitative estimate of drug-likeness (QED) is 0.755. The second kappa shape index (κ2) is 5.45. The van der Waals surface area contributed by atoms with Crippen LogP contribution >= 0.6 is 27.3 Å². The number of thiophene rings is 1. The fraction of sp³-hybridized carbons (Fsp3) is 0.154. The van der Waals surface area contributed by atoms with E-state index in [1.807, 2.05) is 12.1 Å². The van der Waals surface area contributed by atoms with E-state index in [0.717, 1.165) is 8.66 Å². The van der Waals surface area contributed by atoms with Crippen molar-refractivity contribution in [3.8, 4) is 10.8 Å². The summed E-state index contributed by atoms with van der Waals surface area (Å²) in [5, 5.41) is 10.3. The molecule has 3 aromatic heterocycles. The van der Waals surface area contributed by atoms with Gasteiger partial charge in [0, 0.05) is 0 Å². The molecule has 0 aliphatic heterocycles. The Kier molecular flexibility index (Phi) is 3.64. The molecule has 8 heteroatoms. The summed E-state index contributed by atoms with van der Waals surface area (Å²) in [6.45, 7) is 3.51. The van der Waals surface area contributed by atoms with Gasteiger partial charge in [0.05, 0.1) is 14.2 Å². The van der Waals surface area contributed by atoms with Crippen molar-refractivity contribution in [1.29, 1.82) is 0 Å². The van der Waals surface area contributed by atoms with Gasteiger partial charge in [0.25, 0.3) is 11.8 Å². The smallest absolute Gasteiger partial charge is 0.322 e. The van der Waals surface area contributed by atoms with Crippen LogP contribution in [0.2, 0.25) is 0 Å². The van der Waals surface area contributed by atoms with E-state index in [1.54, 1.807) is 19.9 Å². The summed E-state index contributed by atoms with van der Waals surface area (Å²) in [4.78, 5) is 12.9. The SMILES string of the molecule is Cc1cc(C(=O)Nc2nnc(-c3ccc(Br)s3)o2)c(C)o1. The molecule has 6 nitrogen and oxygen atoms in total. The molecule has 3 rings (SSSR count). The first-order valence-corrected chi connectivity index (χ1v) is 7.61. The molecule has 0 radical (unpaired) electrons. The molecule has 0 saturated heterocycles. The third kappa shape index (κ3) is 2.91. The van der Waals surface area contributed by atoms with Gasteiger partial charge in [-0.1, -0.05) is 5.10 Å². The molecule has 1 amide bonds. The number of hydrogen-bond donors (Lipinski definition) is 1. The predicted octanol–water partition coefficient (Wildman–Crippen LogP) is 4.02. The lowest BCUT2D eigenvalue weighted by atomic mass is 10.2. The topological polar surface area (TPSA) is 81.2 Å². The minimum absolute atomic E-state index is 0.0535. The Morgan fingerprint density at radius 1 is 1.29 bits per heavy atom. The van der Waals surface area contributed by atoms with Crippen LogP contribution < -0.4 is 5.32 Å². The fourth-order valence-electron chi connectivity index (χ4n) is 1.82. The van der Waals surface area contributed by atoms with Crippen molar-refractivity contribution in [1.82, 2.24) is 10.2 Å². The van der Waals surface area contributed by atoms with Crippen molar-refractivity contribution in [2.45, 2.75) is 13.8 Å². The van der Waals surface area contributed by atoms with Crippen LogP contribution in [-0.4, -0.2) is 16.1 Å². The summed E-state index contributed by atoms with van der Waals surface area (Å²) < 4.78 is 11.7. The Balaban J connectivity index is 1.78. The Labute approximate surface area is 132 Å². The Morgan fingerprint density at radius 2 is 2.10 bits per heavy atom. The average Bonchev–Trinajstić information content (AvgIpc) is 3.10. The minimum atomic E-state index is -0.341. The van der Waals surface area contributed by atoms with Crippen molar-refractivity contribution in [2.75, 3.05) is 5.32 Å². The summed E-state index contributed by atoms with van der Waals surface area (Å²) in [5.74, 6) is 1.24. The van der Waals surface area contributed by atoms with Crippen molar-refractivity contribution >= 4 is 39.2 Å². The Bertz CT molecular complexity index is 805. The summed E-state index contributed by atoms with van der Waals surface area (Å²) in [5.41, 5.74) is 0.450. The third-order valence-corrected chi connectivity index (χ3v) is 4.33. The average molecular weight is 368 g/mol. The molecule has 0 fully saturated rings. The summed E-state index contributed by atoms with van der Waals surface area (Å²) >= 11 is 4.83. The maximum atomic E-state index is 12.1. The molecule has 0 bridgehead atoms. The molecule has 108 valence electrons. The number of anilines is 1. The van der Waals surface area contributed by atoms with Crippen LogP contribution in [0.4, 0.5) is 6.01 Å². The van der Waals surface area contributed by atoms with Crippen LogP contribution in [0.1, 0.15) is 21.9 Å². The van der Waals surface area contributed by atoms with Gasteiger partial charge in [-0.15, -0.1) is 16.4 Å². The number of halogens is 1. The molecule has 3 aromatic rings. The second-order valence-corrected chi connectivity index (χ2v) is 6.76. The fourth-order valence-corrected chi connectivity index (χ4v) is 3.13. The zero-order valence-electron chi connectivity index (χ0n) is 11.1. The van der Waals surface area contributed by atoms with Crippen LogP contribution in [0.15, 0.2) is 30.8 Å². The number of carbonyl (C=O) groups is 1. The zero-order chi connectivity index (χ0) is 15.0. The molecule has 0 aliphatic rings. The first kappa shape index (κ1) is 14.0. The largest absolute Gasteiger partial charge is 0.466 e. The van der Waals surface area contributed by atoms with E-state index >= 15 is 0 Å². The van der Waals surface area contributed by atoms with Gasteiger partial charge in [-0.2, -0.15) is 0 Å². The standard InChI is InChI=1S/C13H10BrN3O3S/c1-6-5-8(7(2)19-6)11(18)15-13-17-16-12(20-13)9-3-4-10(14)21-9/h3-5H,1-2H3,(H,15,17,18). The number of amides is 1. The van der Waals surface area contributed by atoms with E-state index in [-0.39, 0.29) is 11.9 Å². The number of aryl methyl sites for hydroxylation is 2. The monoisotopic (exact) mass is 367 g/mol.